The van der Waals surface area contributed by atoms with Crippen molar-refractivity contribution in [1.82, 2.24) is 15.6 Å². The summed E-state index contributed by atoms with van der Waals surface area (Å²) >= 11 is 0. The van der Waals surface area contributed by atoms with E-state index in [2.05, 4.69) is 22.2 Å². The van der Waals surface area contributed by atoms with Crippen molar-refractivity contribution in [1.29, 1.82) is 0 Å². The molecule has 2 aromatic rings. The average Bonchev–Trinajstić information content (AvgIpc) is 2.67. The molecule has 142 valence electrons. The Morgan fingerprint density at radius 3 is 2.41 bits per heavy atom. The minimum Gasteiger partial charge on any atom is -0.346 e. The summed E-state index contributed by atoms with van der Waals surface area (Å²) in [4.78, 5) is 27.7. The molecule has 2 rings (SSSR count). The molecule has 1 aromatic heterocycles. The number of carbonyl (C=O) groups is 2. The molecule has 0 aliphatic rings. The monoisotopic (exact) mass is 387 g/mol. The first-order chi connectivity index (χ1) is 12.9. The van der Waals surface area contributed by atoms with Gasteiger partial charge in [-0.2, -0.15) is 0 Å². The first-order valence-electron chi connectivity index (χ1n) is 8.23. The third kappa shape index (κ3) is 5.24. The third-order valence-corrected chi connectivity index (χ3v) is 5.96. The minimum absolute atomic E-state index is 0.132. The minimum atomic E-state index is -3.81. The number of pyridine rings is 1. The molecule has 0 fully saturated rings. The zero-order valence-corrected chi connectivity index (χ0v) is 15.7. The van der Waals surface area contributed by atoms with E-state index in [0.29, 0.717) is 5.56 Å². The van der Waals surface area contributed by atoms with Gasteiger partial charge in [0.2, 0.25) is 0 Å². The van der Waals surface area contributed by atoms with Crippen molar-refractivity contribution in [3.8, 4) is 0 Å². The van der Waals surface area contributed by atoms with Gasteiger partial charge < -0.3 is 10.6 Å². The number of hydrogen-bond acceptors (Lipinski definition) is 5. The van der Waals surface area contributed by atoms with Gasteiger partial charge in [-0.25, -0.2) is 8.42 Å². The van der Waals surface area contributed by atoms with Crippen LogP contribution in [-0.4, -0.2) is 38.3 Å². The Kier molecular flexibility index (Phi) is 6.84. The maximum absolute atomic E-state index is 13.1. The number of rotatable bonds is 7. The zero-order chi connectivity index (χ0) is 19.9. The van der Waals surface area contributed by atoms with Gasteiger partial charge in [-0.1, -0.05) is 29.8 Å². The topological polar surface area (TPSA) is 105 Å². The predicted octanol–water partition coefficient (Wildman–Crippen LogP) is 1.32. The molecule has 1 atom stereocenters. The summed E-state index contributed by atoms with van der Waals surface area (Å²) in [5.74, 6) is -1.77. The fraction of sp³-hybridized carbons (Fsp3) is 0.211. The van der Waals surface area contributed by atoms with Gasteiger partial charge in [-0.15, -0.1) is 6.58 Å². The molecule has 0 bridgehead atoms. The van der Waals surface area contributed by atoms with Crippen LogP contribution in [0, 0.1) is 6.92 Å². The molecule has 27 heavy (non-hydrogen) atoms. The zero-order valence-electron chi connectivity index (χ0n) is 14.9. The second kappa shape index (κ2) is 9.09. The first kappa shape index (κ1) is 20.3. The lowest BCUT2D eigenvalue weighted by Gasteiger charge is -2.18. The summed E-state index contributed by atoms with van der Waals surface area (Å²) in [5, 5.41) is 3.65. The Labute approximate surface area is 158 Å². The Morgan fingerprint density at radius 2 is 1.81 bits per heavy atom. The molecule has 2 amide bonds. The number of aryl methyl sites for hydroxylation is 1. The maximum atomic E-state index is 13.1. The van der Waals surface area contributed by atoms with E-state index in [1.807, 2.05) is 6.92 Å². The molecule has 2 N–H and O–H groups in total. The van der Waals surface area contributed by atoms with E-state index < -0.39 is 26.9 Å². The van der Waals surface area contributed by atoms with E-state index in [9.17, 15) is 18.0 Å². The summed E-state index contributed by atoms with van der Waals surface area (Å²) < 4.78 is 26.2. The first-order valence-corrected chi connectivity index (χ1v) is 9.78. The second-order valence-corrected chi connectivity index (χ2v) is 7.97. The smallest absolute Gasteiger partial charge is 0.309 e. The van der Waals surface area contributed by atoms with Gasteiger partial charge in [0.25, 0.3) is 0 Å². The summed E-state index contributed by atoms with van der Waals surface area (Å²) in [7, 11) is -3.81. The Morgan fingerprint density at radius 1 is 1.15 bits per heavy atom. The molecular formula is C19H21N3O4S. The second-order valence-electron chi connectivity index (χ2n) is 5.84. The van der Waals surface area contributed by atoms with Crippen LogP contribution in [0.2, 0.25) is 0 Å². The van der Waals surface area contributed by atoms with Crippen molar-refractivity contribution < 1.29 is 18.0 Å². The lowest BCUT2D eigenvalue weighted by molar-refractivity contribution is -0.139. The van der Waals surface area contributed by atoms with Crippen molar-refractivity contribution in [2.75, 3.05) is 13.1 Å². The maximum Gasteiger partial charge on any atom is 0.309 e. The highest BCUT2D eigenvalue weighted by molar-refractivity contribution is 7.91. The van der Waals surface area contributed by atoms with Crippen molar-refractivity contribution >= 4 is 21.7 Å². The lowest BCUT2D eigenvalue weighted by Crippen LogP contribution is -2.42. The van der Waals surface area contributed by atoms with Crippen LogP contribution in [0.25, 0.3) is 0 Å². The highest BCUT2D eigenvalue weighted by Crippen LogP contribution is 2.28. The third-order valence-electron chi connectivity index (χ3n) is 3.84. The quantitative estimate of drug-likeness (QED) is 0.551. The van der Waals surface area contributed by atoms with Gasteiger partial charge in [0.1, 0.15) is 5.25 Å². The van der Waals surface area contributed by atoms with Crippen LogP contribution in [-0.2, 0) is 19.4 Å². The van der Waals surface area contributed by atoms with Gasteiger partial charge in [0.15, 0.2) is 9.84 Å². The molecule has 0 radical (unpaired) electrons. The van der Waals surface area contributed by atoms with Gasteiger partial charge in [-0.3, -0.25) is 14.6 Å². The van der Waals surface area contributed by atoms with Crippen LogP contribution < -0.4 is 10.6 Å². The van der Waals surface area contributed by atoms with Crippen LogP contribution in [0.5, 0.6) is 0 Å². The van der Waals surface area contributed by atoms with Crippen molar-refractivity contribution in [2.24, 2.45) is 0 Å². The summed E-state index contributed by atoms with van der Waals surface area (Å²) in [6.45, 7) is 5.18. The molecule has 1 aromatic carbocycles. The number of carbonyl (C=O) groups excluding carboxylic acids is 2. The van der Waals surface area contributed by atoms with E-state index in [1.54, 1.807) is 24.3 Å². The number of nitrogens with zero attached hydrogens (tertiary/aromatic N) is 1. The number of hydrogen-bond donors (Lipinski definition) is 2. The fourth-order valence-corrected chi connectivity index (χ4v) is 4.02. The van der Waals surface area contributed by atoms with Crippen molar-refractivity contribution in [3.63, 3.8) is 0 Å². The SMILES string of the molecule is C=CCNC(=O)C(=O)NC[C@@H](c1cccnc1)S(=O)(=O)c1ccc(C)cc1. The van der Waals surface area contributed by atoms with Gasteiger partial charge in [-0.05, 0) is 30.7 Å². The fourth-order valence-electron chi connectivity index (χ4n) is 2.38. The summed E-state index contributed by atoms with van der Waals surface area (Å²) in [6.07, 6.45) is 4.40. The molecule has 0 spiro atoms. The number of aromatic nitrogens is 1. The number of amides is 2. The van der Waals surface area contributed by atoms with E-state index in [1.165, 1.54) is 30.6 Å². The number of sulfone groups is 1. The van der Waals surface area contributed by atoms with Crippen LogP contribution in [0.4, 0.5) is 0 Å². The Balaban J connectivity index is 2.27. The molecule has 0 unspecified atom stereocenters. The van der Waals surface area contributed by atoms with Crippen LogP contribution >= 0.6 is 0 Å². The van der Waals surface area contributed by atoms with Crippen LogP contribution in [0.3, 0.4) is 0 Å². The summed E-state index contributed by atoms with van der Waals surface area (Å²) in [6, 6.07) is 9.68. The molecular weight excluding hydrogens is 366 g/mol. The van der Waals surface area contributed by atoms with E-state index in [0.717, 1.165) is 5.56 Å². The molecule has 0 saturated heterocycles. The number of nitrogens with one attached hydrogen (secondary N) is 2. The van der Waals surface area contributed by atoms with Crippen LogP contribution in [0.1, 0.15) is 16.4 Å². The van der Waals surface area contributed by atoms with E-state index in [-0.39, 0.29) is 18.0 Å². The molecule has 0 saturated carbocycles. The predicted molar refractivity (Wildman–Crippen MR) is 102 cm³/mol. The highest BCUT2D eigenvalue weighted by Gasteiger charge is 2.30. The van der Waals surface area contributed by atoms with E-state index in [4.69, 9.17) is 0 Å². The average molecular weight is 387 g/mol. The Bertz CT molecular complexity index is 910. The van der Waals surface area contributed by atoms with Gasteiger partial charge in [0, 0.05) is 25.5 Å². The molecule has 7 nitrogen and oxygen atoms in total. The molecule has 0 aliphatic carbocycles. The molecule has 0 aliphatic heterocycles. The molecule has 1 heterocycles. The Hall–Kier alpha value is -3.00. The molecule has 8 heteroatoms. The summed E-state index contributed by atoms with van der Waals surface area (Å²) in [5.41, 5.74) is 1.35. The van der Waals surface area contributed by atoms with Crippen LogP contribution in [0.15, 0.2) is 66.3 Å². The number of benzene rings is 1. The largest absolute Gasteiger partial charge is 0.346 e. The van der Waals surface area contributed by atoms with E-state index >= 15 is 0 Å². The standard InChI is InChI=1S/C19H21N3O4S/c1-3-10-21-18(23)19(24)22-13-17(15-5-4-11-20-12-15)27(25,26)16-8-6-14(2)7-9-16/h3-9,11-12,17H,1,10,13H2,2H3,(H,21,23)(H,22,24)/t17-/m0/s1. The van der Waals surface area contributed by atoms with Gasteiger partial charge in [0.05, 0.1) is 4.90 Å². The lowest BCUT2D eigenvalue weighted by atomic mass is 10.2. The van der Waals surface area contributed by atoms with Crippen molar-refractivity contribution in [2.45, 2.75) is 17.1 Å². The van der Waals surface area contributed by atoms with Gasteiger partial charge >= 0.3 is 11.8 Å². The van der Waals surface area contributed by atoms with Crippen molar-refractivity contribution in [3.05, 3.63) is 72.6 Å². The highest BCUT2D eigenvalue weighted by atomic mass is 32.2. The normalized spacial score (nSPS) is 12.0.